The van der Waals surface area contributed by atoms with Crippen LogP contribution in [0.4, 0.5) is 11.4 Å². The van der Waals surface area contributed by atoms with Crippen LogP contribution in [-0.4, -0.2) is 31.6 Å². The first-order valence-corrected chi connectivity index (χ1v) is 10.4. The Morgan fingerprint density at radius 2 is 1.70 bits per heavy atom. The standard InChI is InChI=1S/C24H30N2O4/c1-6-29-20-11-8-17(15-21(20)30-7-2)22(27)25-18-9-10-19-16(14-18)12-13-26(19)23(28)24(3,4)5/h8-11,14-15H,6-7,12-13H2,1-5H3,(H,25,27). The number of hydrogen-bond acceptors (Lipinski definition) is 4. The number of amides is 2. The Kier molecular flexibility index (Phi) is 6.34. The van der Waals surface area contributed by atoms with Crippen LogP contribution in [-0.2, 0) is 11.2 Å². The lowest BCUT2D eigenvalue weighted by atomic mass is 9.94. The molecule has 6 nitrogen and oxygen atoms in total. The van der Waals surface area contributed by atoms with E-state index in [1.165, 1.54) is 0 Å². The van der Waals surface area contributed by atoms with Gasteiger partial charge in [-0.25, -0.2) is 0 Å². The molecule has 1 aliphatic heterocycles. The lowest BCUT2D eigenvalue weighted by Gasteiger charge is -2.26. The van der Waals surface area contributed by atoms with Gasteiger partial charge >= 0.3 is 0 Å². The van der Waals surface area contributed by atoms with E-state index in [9.17, 15) is 9.59 Å². The second-order valence-corrected chi connectivity index (χ2v) is 8.28. The summed E-state index contributed by atoms with van der Waals surface area (Å²) in [6.07, 6.45) is 0.776. The first-order chi connectivity index (χ1) is 14.2. The Bertz CT molecular complexity index is 947. The molecule has 2 aromatic carbocycles. The molecular formula is C24H30N2O4. The number of ether oxygens (including phenoxy) is 2. The molecule has 0 aliphatic carbocycles. The third-order valence-electron chi connectivity index (χ3n) is 4.93. The minimum atomic E-state index is -0.430. The second-order valence-electron chi connectivity index (χ2n) is 8.28. The fourth-order valence-electron chi connectivity index (χ4n) is 3.49. The number of anilines is 2. The highest BCUT2D eigenvalue weighted by molar-refractivity contribution is 6.05. The summed E-state index contributed by atoms with van der Waals surface area (Å²) in [5.41, 5.74) is 2.75. The number of carbonyl (C=O) groups is 2. The van der Waals surface area contributed by atoms with Gasteiger partial charge in [-0.3, -0.25) is 9.59 Å². The summed E-state index contributed by atoms with van der Waals surface area (Å²) in [7, 11) is 0. The molecule has 0 atom stereocenters. The van der Waals surface area contributed by atoms with Crippen LogP contribution in [0.2, 0.25) is 0 Å². The lowest BCUT2D eigenvalue weighted by molar-refractivity contribution is -0.125. The van der Waals surface area contributed by atoms with Crippen molar-refractivity contribution >= 4 is 23.2 Å². The summed E-state index contributed by atoms with van der Waals surface area (Å²) in [6, 6.07) is 10.9. The minimum absolute atomic E-state index is 0.107. The molecule has 0 unspecified atom stereocenters. The van der Waals surface area contributed by atoms with Gasteiger partial charge in [0.1, 0.15) is 0 Å². The van der Waals surface area contributed by atoms with Crippen molar-refractivity contribution in [1.82, 2.24) is 0 Å². The highest BCUT2D eigenvalue weighted by Crippen LogP contribution is 2.34. The van der Waals surface area contributed by atoms with E-state index < -0.39 is 5.41 Å². The number of rotatable bonds is 6. The van der Waals surface area contributed by atoms with Gasteiger partial charge in [-0.15, -0.1) is 0 Å². The van der Waals surface area contributed by atoms with Crippen molar-refractivity contribution in [2.75, 3.05) is 30.0 Å². The molecule has 1 N–H and O–H groups in total. The minimum Gasteiger partial charge on any atom is -0.490 e. The van der Waals surface area contributed by atoms with E-state index >= 15 is 0 Å². The number of carbonyl (C=O) groups excluding carboxylic acids is 2. The average molecular weight is 411 g/mol. The molecule has 0 radical (unpaired) electrons. The maximum atomic E-state index is 12.8. The van der Waals surface area contributed by atoms with E-state index in [4.69, 9.17) is 9.47 Å². The molecule has 2 aromatic rings. The van der Waals surface area contributed by atoms with Crippen molar-refractivity contribution < 1.29 is 19.1 Å². The molecule has 6 heteroatoms. The summed E-state index contributed by atoms with van der Waals surface area (Å²) < 4.78 is 11.2. The van der Waals surface area contributed by atoms with Crippen molar-refractivity contribution in [3.8, 4) is 11.5 Å². The molecule has 1 aliphatic rings. The first-order valence-electron chi connectivity index (χ1n) is 10.4. The van der Waals surface area contributed by atoms with Gasteiger partial charge in [-0.2, -0.15) is 0 Å². The largest absolute Gasteiger partial charge is 0.490 e. The van der Waals surface area contributed by atoms with Crippen molar-refractivity contribution in [1.29, 1.82) is 0 Å². The van der Waals surface area contributed by atoms with Gasteiger partial charge in [0.05, 0.1) is 13.2 Å². The van der Waals surface area contributed by atoms with Gasteiger partial charge in [0.2, 0.25) is 5.91 Å². The van der Waals surface area contributed by atoms with E-state index in [1.54, 1.807) is 18.2 Å². The topological polar surface area (TPSA) is 67.9 Å². The van der Waals surface area contributed by atoms with E-state index in [2.05, 4.69) is 5.32 Å². The molecule has 3 rings (SSSR count). The smallest absolute Gasteiger partial charge is 0.255 e. The van der Waals surface area contributed by atoms with E-state index in [0.717, 1.165) is 17.7 Å². The zero-order valence-corrected chi connectivity index (χ0v) is 18.4. The lowest BCUT2D eigenvalue weighted by Crippen LogP contribution is -2.38. The predicted molar refractivity (Wildman–Crippen MR) is 119 cm³/mol. The van der Waals surface area contributed by atoms with Gasteiger partial charge in [0, 0.05) is 28.9 Å². The predicted octanol–water partition coefficient (Wildman–Crippen LogP) is 4.67. The SMILES string of the molecule is CCOc1ccc(C(=O)Nc2ccc3c(c2)CCN3C(=O)C(C)(C)C)cc1OCC. The summed E-state index contributed by atoms with van der Waals surface area (Å²) in [6.45, 7) is 11.2. The third kappa shape index (κ3) is 4.58. The van der Waals surface area contributed by atoms with Crippen LogP contribution in [0.1, 0.15) is 50.5 Å². The van der Waals surface area contributed by atoms with Crippen molar-refractivity contribution in [2.45, 2.75) is 41.0 Å². The number of nitrogens with one attached hydrogen (secondary N) is 1. The second kappa shape index (κ2) is 8.78. The highest BCUT2D eigenvalue weighted by Gasteiger charge is 2.32. The van der Waals surface area contributed by atoms with Gasteiger partial charge in [0.15, 0.2) is 11.5 Å². The van der Waals surface area contributed by atoms with Crippen LogP contribution in [0.15, 0.2) is 36.4 Å². The quantitative estimate of drug-likeness (QED) is 0.751. The first kappa shape index (κ1) is 21.7. The Labute approximate surface area is 178 Å². The van der Waals surface area contributed by atoms with Gasteiger partial charge < -0.3 is 19.7 Å². The Morgan fingerprint density at radius 3 is 2.37 bits per heavy atom. The van der Waals surface area contributed by atoms with Crippen LogP contribution in [0, 0.1) is 5.41 Å². The summed E-state index contributed by atoms with van der Waals surface area (Å²) in [5, 5.41) is 2.94. The Balaban J connectivity index is 1.77. The maximum absolute atomic E-state index is 12.8. The fourth-order valence-corrected chi connectivity index (χ4v) is 3.49. The maximum Gasteiger partial charge on any atom is 0.255 e. The molecule has 0 saturated heterocycles. The average Bonchev–Trinajstić information content (AvgIpc) is 3.11. The van der Waals surface area contributed by atoms with E-state index in [0.29, 0.717) is 42.5 Å². The summed E-state index contributed by atoms with van der Waals surface area (Å²) in [4.78, 5) is 27.3. The Morgan fingerprint density at radius 1 is 1.00 bits per heavy atom. The molecule has 0 saturated carbocycles. The molecule has 160 valence electrons. The van der Waals surface area contributed by atoms with Crippen molar-refractivity contribution in [2.24, 2.45) is 5.41 Å². The molecule has 0 spiro atoms. The molecule has 2 amide bonds. The number of fused-ring (bicyclic) bond motifs is 1. The zero-order chi connectivity index (χ0) is 21.9. The van der Waals surface area contributed by atoms with E-state index in [1.807, 2.05) is 57.7 Å². The van der Waals surface area contributed by atoms with Crippen LogP contribution in [0.5, 0.6) is 11.5 Å². The van der Waals surface area contributed by atoms with Gasteiger partial charge in [-0.05, 0) is 62.2 Å². The highest BCUT2D eigenvalue weighted by atomic mass is 16.5. The van der Waals surface area contributed by atoms with Crippen LogP contribution >= 0.6 is 0 Å². The number of nitrogens with zero attached hydrogens (tertiary/aromatic N) is 1. The fraction of sp³-hybridized carbons (Fsp3) is 0.417. The zero-order valence-electron chi connectivity index (χ0n) is 18.4. The molecule has 1 heterocycles. The number of hydrogen-bond donors (Lipinski definition) is 1. The molecule has 0 fully saturated rings. The molecule has 0 aromatic heterocycles. The monoisotopic (exact) mass is 410 g/mol. The van der Waals surface area contributed by atoms with Gasteiger partial charge in [-0.1, -0.05) is 20.8 Å². The van der Waals surface area contributed by atoms with Crippen LogP contribution in [0.3, 0.4) is 0 Å². The van der Waals surface area contributed by atoms with Crippen LogP contribution in [0.25, 0.3) is 0 Å². The number of benzene rings is 2. The van der Waals surface area contributed by atoms with E-state index in [-0.39, 0.29) is 11.8 Å². The molecule has 30 heavy (non-hydrogen) atoms. The summed E-state index contributed by atoms with van der Waals surface area (Å²) >= 11 is 0. The van der Waals surface area contributed by atoms with Crippen molar-refractivity contribution in [3.63, 3.8) is 0 Å². The van der Waals surface area contributed by atoms with Gasteiger partial charge in [0.25, 0.3) is 5.91 Å². The Hall–Kier alpha value is -3.02. The van der Waals surface area contributed by atoms with Crippen LogP contribution < -0.4 is 19.7 Å². The normalized spacial score (nSPS) is 13.0. The van der Waals surface area contributed by atoms with Crippen molar-refractivity contribution in [3.05, 3.63) is 47.5 Å². The third-order valence-corrected chi connectivity index (χ3v) is 4.93. The molecule has 0 bridgehead atoms. The summed E-state index contributed by atoms with van der Waals surface area (Å²) in [5.74, 6) is 1.06. The molecular weight excluding hydrogens is 380 g/mol.